The van der Waals surface area contributed by atoms with Gasteiger partial charge in [-0.25, -0.2) is 0 Å². The third-order valence-corrected chi connectivity index (χ3v) is 3.56. The molecule has 0 atom stereocenters. The van der Waals surface area contributed by atoms with Crippen LogP contribution in [0.15, 0.2) is 0 Å². The van der Waals surface area contributed by atoms with Gasteiger partial charge in [-0.15, -0.1) is 0 Å². The summed E-state index contributed by atoms with van der Waals surface area (Å²) in [6, 6.07) is 0. The van der Waals surface area contributed by atoms with Crippen molar-refractivity contribution in [3.8, 4) is 11.8 Å². The van der Waals surface area contributed by atoms with Gasteiger partial charge in [-0.05, 0) is 25.1 Å². The van der Waals surface area contributed by atoms with Crippen molar-refractivity contribution in [1.29, 1.82) is 0 Å². The van der Waals surface area contributed by atoms with Crippen LogP contribution in [0.3, 0.4) is 0 Å². The van der Waals surface area contributed by atoms with Gasteiger partial charge in [0.05, 0.1) is 12.3 Å². The standard InChI is InChI=1S/C14H26N2S/c1-14(2)6-8-16-11-9-15(10-12-16)7-4-5-13-17-3/h14H,6-13H2,1-3H3. The van der Waals surface area contributed by atoms with E-state index in [0.717, 1.165) is 18.2 Å². The maximum Gasteiger partial charge on any atom is 0.0602 e. The first kappa shape index (κ1) is 14.9. The van der Waals surface area contributed by atoms with Gasteiger partial charge in [0.1, 0.15) is 0 Å². The molecule has 1 aliphatic heterocycles. The highest BCUT2D eigenvalue weighted by molar-refractivity contribution is 7.98. The highest BCUT2D eigenvalue weighted by Crippen LogP contribution is 2.05. The Morgan fingerprint density at radius 3 is 2.29 bits per heavy atom. The fraction of sp³-hybridized carbons (Fsp3) is 0.857. The van der Waals surface area contributed by atoms with E-state index in [1.165, 1.54) is 39.1 Å². The lowest BCUT2D eigenvalue weighted by molar-refractivity contribution is 0.139. The second kappa shape index (κ2) is 8.85. The summed E-state index contributed by atoms with van der Waals surface area (Å²) < 4.78 is 0. The zero-order valence-corrected chi connectivity index (χ0v) is 12.4. The Labute approximate surface area is 111 Å². The average Bonchev–Trinajstić information content (AvgIpc) is 2.33. The van der Waals surface area contributed by atoms with Crippen LogP contribution in [0.5, 0.6) is 0 Å². The molecule has 98 valence electrons. The lowest BCUT2D eigenvalue weighted by atomic mass is 10.1. The van der Waals surface area contributed by atoms with E-state index in [9.17, 15) is 0 Å². The van der Waals surface area contributed by atoms with Crippen LogP contribution in [0.1, 0.15) is 20.3 Å². The molecule has 0 spiro atoms. The van der Waals surface area contributed by atoms with E-state index in [2.05, 4.69) is 41.7 Å². The van der Waals surface area contributed by atoms with Gasteiger partial charge in [0.2, 0.25) is 0 Å². The van der Waals surface area contributed by atoms with Crippen LogP contribution < -0.4 is 0 Å². The summed E-state index contributed by atoms with van der Waals surface area (Å²) >= 11 is 1.80. The Hall–Kier alpha value is -0.170. The van der Waals surface area contributed by atoms with Gasteiger partial charge < -0.3 is 4.90 Å². The molecular weight excluding hydrogens is 228 g/mol. The molecule has 1 heterocycles. The first-order chi connectivity index (χ1) is 8.22. The molecule has 0 aromatic carbocycles. The summed E-state index contributed by atoms with van der Waals surface area (Å²) in [6.45, 7) is 11.6. The Bertz CT molecular complexity index is 247. The molecular formula is C14H26N2S. The zero-order chi connectivity index (χ0) is 12.5. The molecule has 0 aromatic rings. The second-order valence-electron chi connectivity index (χ2n) is 5.09. The molecule has 1 saturated heterocycles. The molecule has 2 nitrogen and oxygen atoms in total. The van der Waals surface area contributed by atoms with Crippen molar-refractivity contribution in [2.75, 3.05) is 51.3 Å². The largest absolute Gasteiger partial charge is 0.301 e. The van der Waals surface area contributed by atoms with E-state index in [4.69, 9.17) is 0 Å². The minimum absolute atomic E-state index is 0.824. The van der Waals surface area contributed by atoms with Crippen molar-refractivity contribution >= 4 is 11.8 Å². The summed E-state index contributed by atoms with van der Waals surface area (Å²) in [5.74, 6) is 8.24. The predicted molar refractivity (Wildman–Crippen MR) is 78.5 cm³/mol. The highest BCUT2D eigenvalue weighted by atomic mass is 32.2. The van der Waals surface area contributed by atoms with Crippen LogP contribution in [0.25, 0.3) is 0 Å². The Morgan fingerprint density at radius 2 is 1.71 bits per heavy atom. The quantitative estimate of drug-likeness (QED) is 0.693. The van der Waals surface area contributed by atoms with E-state index >= 15 is 0 Å². The van der Waals surface area contributed by atoms with E-state index in [-0.39, 0.29) is 0 Å². The first-order valence-electron chi connectivity index (χ1n) is 6.61. The van der Waals surface area contributed by atoms with Gasteiger partial charge >= 0.3 is 0 Å². The summed E-state index contributed by atoms with van der Waals surface area (Å²) in [6.07, 6.45) is 3.43. The number of hydrogen-bond acceptors (Lipinski definition) is 3. The first-order valence-corrected chi connectivity index (χ1v) is 8.01. The van der Waals surface area contributed by atoms with Crippen LogP contribution in [-0.4, -0.2) is 61.1 Å². The van der Waals surface area contributed by atoms with E-state index in [1.54, 1.807) is 11.8 Å². The lowest BCUT2D eigenvalue weighted by Gasteiger charge is -2.33. The fourth-order valence-corrected chi connectivity index (χ4v) is 2.15. The van der Waals surface area contributed by atoms with Crippen LogP contribution in [0.2, 0.25) is 0 Å². The van der Waals surface area contributed by atoms with E-state index < -0.39 is 0 Å². The molecule has 1 fully saturated rings. The van der Waals surface area contributed by atoms with Crippen LogP contribution in [0.4, 0.5) is 0 Å². The highest BCUT2D eigenvalue weighted by Gasteiger charge is 2.15. The number of nitrogens with zero attached hydrogens (tertiary/aromatic N) is 2. The normalized spacial score (nSPS) is 18.1. The van der Waals surface area contributed by atoms with Gasteiger partial charge in [0, 0.05) is 26.2 Å². The van der Waals surface area contributed by atoms with E-state index in [0.29, 0.717) is 0 Å². The zero-order valence-electron chi connectivity index (χ0n) is 11.5. The van der Waals surface area contributed by atoms with Gasteiger partial charge in [-0.1, -0.05) is 25.7 Å². The summed E-state index contributed by atoms with van der Waals surface area (Å²) in [5, 5.41) is 0. The third kappa shape index (κ3) is 6.98. The van der Waals surface area contributed by atoms with Gasteiger partial charge in [-0.3, -0.25) is 4.90 Å². The third-order valence-electron chi connectivity index (χ3n) is 3.13. The molecule has 0 unspecified atom stereocenters. The number of thioether (sulfide) groups is 1. The maximum atomic E-state index is 3.26. The number of piperazine rings is 1. The Balaban J connectivity index is 2.11. The SMILES string of the molecule is CSCC#CCN1CCN(CCC(C)C)CC1. The summed E-state index contributed by atoms with van der Waals surface area (Å²) in [4.78, 5) is 5.06. The number of hydrogen-bond donors (Lipinski definition) is 0. The Kier molecular flexibility index (Phi) is 7.75. The minimum atomic E-state index is 0.824. The van der Waals surface area contributed by atoms with Crippen molar-refractivity contribution < 1.29 is 0 Å². The molecule has 0 aliphatic carbocycles. The molecule has 0 saturated carbocycles. The maximum absolute atomic E-state index is 3.26. The van der Waals surface area contributed by atoms with Gasteiger partial charge in [0.15, 0.2) is 0 Å². The van der Waals surface area contributed by atoms with Crippen LogP contribution in [-0.2, 0) is 0 Å². The minimum Gasteiger partial charge on any atom is -0.301 e. The molecule has 0 amide bonds. The van der Waals surface area contributed by atoms with Gasteiger partial charge in [0.25, 0.3) is 0 Å². The van der Waals surface area contributed by atoms with Crippen molar-refractivity contribution in [2.45, 2.75) is 20.3 Å². The molecule has 0 N–H and O–H groups in total. The molecule has 0 radical (unpaired) electrons. The van der Waals surface area contributed by atoms with E-state index in [1.807, 2.05) is 0 Å². The molecule has 0 bridgehead atoms. The molecule has 17 heavy (non-hydrogen) atoms. The van der Waals surface area contributed by atoms with Crippen molar-refractivity contribution in [1.82, 2.24) is 9.80 Å². The monoisotopic (exact) mass is 254 g/mol. The molecule has 3 heteroatoms. The Morgan fingerprint density at radius 1 is 1.06 bits per heavy atom. The van der Waals surface area contributed by atoms with Crippen molar-refractivity contribution in [3.63, 3.8) is 0 Å². The smallest absolute Gasteiger partial charge is 0.0602 e. The van der Waals surface area contributed by atoms with Gasteiger partial charge in [-0.2, -0.15) is 11.8 Å². The summed E-state index contributed by atoms with van der Waals surface area (Å²) in [7, 11) is 0. The molecule has 1 rings (SSSR count). The fourth-order valence-electron chi connectivity index (χ4n) is 1.90. The van der Waals surface area contributed by atoms with Crippen molar-refractivity contribution in [3.05, 3.63) is 0 Å². The predicted octanol–water partition coefficient (Wildman–Crippen LogP) is 2.02. The van der Waals surface area contributed by atoms with Crippen LogP contribution in [0, 0.1) is 17.8 Å². The summed E-state index contributed by atoms with van der Waals surface area (Å²) in [5.41, 5.74) is 0. The number of rotatable bonds is 5. The second-order valence-corrected chi connectivity index (χ2v) is 5.95. The van der Waals surface area contributed by atoms with Crippen molar-refractivity contribution in [2.24, 2.45) is 5.92 Å². The van der Waals surface area contributed by atoms with Crippen LogP contribution >= 0.6 is 11.8 Å². The molecule has 1 aliphatic rings. The average molecular weight is 254 g/mol. The molecule has 0 aromatic heterocycles. The lowest BCUT2D eigenvalue weighted by Crippen LogP contribution is -2.46. The topological polar surface area (TPSA) is 6.48 Å².